The number of amides is 1. The summed E-state index contributed by atoms with van der Waals surface area (Å²) in [4.78, 5) is 27.7. The van der Waals surface area contributed by atoms with Gasteiger partial charge in [0.25, 0.3) is 0 Å². The van der Waals surface area contributed by atoms with Gasteiger partial charge in [0, 0.05) is 39.1 Å². The molecule has 6 nitrogen and oxygen atoms in total. The number of nitrogens with zero attached hydrogens (tertiary/aromatic N) is 2. The third-order valence-corrected chi connectivity index (χ3v) is 3.92. The topological polar surface area (TPSA) is 59.1 Å². The molecule has 0 atom stereocenters. The molecule has 128 valence electrons. The Morgan fingerprint density at radius 2 is 1.86 bits per heavy atom. The highest BCUT2D eigenvalue weighted by Gasteiger charge is 2.16. The Labute approximate surface area is 133 Å². The van der Waals surface area contributed by atoms with Crippen LogP contribution in [0.5, 0.6) is 0 Å². The highest BCUT2D eigenvalue weighted by Crippen LogP contribution is 2.05. The van der Waals surface area contributed by atoms with Crippen LogP contribution < -0.4 is 0 Å². The maximum Gasteiger partial charge on any atom is 0.307 e. The van der Waals surface area contributed by atoms with Crippen LogP contribution in [-0.4, -0.2) is 74.7 Å². The molecule has 0 N–H and O–H groups in total. The van der Waals surface area contributed by atoms with Gasteiger partial charge in [-0.25, -0.2) is 0 Å². The first kappa shape index (κ1) is 18.9. The van der Waals surface area contributed by atoms with Gasteiger partial charge in [-0.15, -0.1) is 0 Å². The summed E-state index contributed by atoms with van der Waals surface area (Å²) in [7, 11) is 1.38. The van der Waals surface area contributed by atoms with Gasteiger partial charge in [-0.2, -0.15) is 0 Å². The Kier molecular flexibility index (Phi) is 9.82. The van der Waals surface area contributed by atoms with Gasteiger partial charge in [0.05, 0.1) is 26.7 Å². The van der Waals surface area contributed by atoms with E-state index in [0.29, 0.717) is 19.5 Å². The van der Waals surface area contributed by atoms with E-state index in [1.54, 1.807) is 0 Å². The van der Waals surface area contributed by atoms with Crippen molar-refractivity contribution in [2.75, 3.05) is 53.0 Å². The molecule has 0 saturated carbocycles. The maximum atomic E-state index is 12.2. The SMILES string of the molecule is CCCCC(=O)N(CCCN1CCOCC1)CCC(=O)OC. The number of hydrogen-bond donors (Lipinski definition) is 0. The van der Waals surface area contributed by atoms with Crippen LogP contribution in [0.25, 0.3) is 0 Å². The number of unbranched alkanes of at least 4 members (excludes halogenated alkanes) is 1. The van der Waals surface area contributed by atoms with Crippen molar-refractivity contribution in [1.82, 2.24) is 9.80 Å². The first-order valence-electron chi connectivity index (χ1n) is 8.32. The molecule has 0 aromatic carbocycles. The van der Waals surface area contributed by atoms with Crippen LogP contribution in [0.1, 0.15) is 39.0 Å². The van der Waals surface area contributed by atoms with E-state index >= 15 is 0 Å². The quantitative estimate of drug-likeness (QED) is 0.569. The van der Waals surface area contributed by atoms with E-state index in [1.165, 1.54) is 7.11 Å². The van der Waals surface area contributed by atoms with Crippen LogP contribution >= 0.6 is 0 Å². The fraction of sp³-hybridized carbons (Fsp3) is 0.875. The Morgan fingerprint density at radius 1 is 1.14 bits per heavy atom. The zero-order valence-corrected chi connectivity index (χ0v) is 14.0. The molecular formula is C16H30N2O4. The van der Waals surface area contributed by atoms with Crippen LogP contribution in [0.15, 0.2) is 0 Å². The number of morpholine rings is 1. The largest absolute Gasteiger partial charge is 0.469 e. The third-order valence-electron chi connectivity index (χ3n) is 3.92. The minimum atomic E-state index is -0.263. The highest BCUT2D eigenvalue weighted by atomic mass is 16.5. The summed E-state index contributed by atoms with van der Waals surface area (Å²) < 4.78 is 9.99. The molecule has 1 aliphatic heterocycles. The molecule has 1 amide bonds. The minimum Gasteiger partial charge on any atom is -0.469 e. The molecule has 1 rings (SSSR count). The van der Waals surface area contributed by atoms with E-state index in [0.717, 1.165) is 52.1 Å². The van der Waals surface area contributed by atoms with Crippen LogP contribution in [0.4, 0.5) is 0 Å². The molecule has 0 aromatic rings. The third kappa shape index (κ3) is 7.75. The number of ether oxygens (including phenoxy) is 2. The van der Waals surface area contributed by atoms with Crippen molar-refractivity contribution in [2.45, 2.75) is 39.0 Å². The lowest BCUT2D eigenvalue weighted by atomic mass is 10.2. The Morgan fingerprint density at radius 3 is 2.50 bits per heavy atom. The zero-order valence-electron chi connectivity index (χ0n) is 14.0. The second kappa shape index (κ2) is 11.4. The molecule has 0 aliphatic carbocycles. The van der Waals surface area contributed by atoms with Gasteiger partial charge in [0.2, 0.25) is 5.91 Å². The van der Waals surface area contributed by atoms with Crippen LogP contribution in [0.2, 0.25) is 0 Å². The molecular weight excluding hydrogens is 284 g/mol. The second-order valence-corrected chi connectivity index (χ2v) is 5.62. The van der Waals surface area contributed by atoms with E-state index in [-0.39, 0.29) is 18.3 Å². The summed E-state index contributed by atoms with van der Waals surface area (Å²) in [5.74, 6) is -0.116. The fourth-order valence-corrected chi connectivity index (χ4v) is 2.49. The van der Waals surface area contributed by atoms with Gasteiger partial charge in [0.15, 0.2) is 0 Å². The number of carbonyl (C=O) groups excluding carboxylic acids is 2. The molecule has 0 unspecified atom stereocenters. The van der Waals surface area contributed by atoms with Gasteiger partial charge in [-0.3, -0.25) is 14.5 Å². The van der Waals surface area contributed by atoms with Crippen LogP contribution in [0, 0.1) is 0 Å². The van der Waals surface area contributed by atoms with Crippen LogP contribution in [0.3, 0.4) is 0 Å². The lowest BCUT2D eigenvalue weighted by Gasteiger charge is -2.28. The minimum absolute atomic E-state index is 0.146. The highest BCUT2D eigenvalue weighted by molar-refractivity contribution is 5.77. The van der Waals surface area contributed by atoms with Crippen molar-refractivity contribution >= 4 is 11.9 Å². The van der Waals surface area contributed by atoms with E-state index in [4.69, 9.17) is 4.74 Å². The molecule has 0 radical (unpaired) electrons. The Hall–Kier alpha value is -1.14. The summed E-state index contributed by atoms with van der Waals surface area (Å²) in [6.45, 7) is 7.72. The zero-order chi connectivity index (χ0) is 16.2. The fourth-order valence-electron chi connectivity index (χ4n) is 2.49. The van der Waals surface area contributed by atoms with Crippen molar-refractivity contribution in [2.24, 2.45) is 0 Å². The van der Waals surface area contributed by atoms with Gasteiger partial charge in [-0.1, -0.05) is 13.3 Å². The molecule has 0 bridgehead atoms. The Balaban J connectivity index is 2.34. The molecule has 1 aliphatic rings. The van der Waals surface area contributed by atoms with E-state index in [9.17, 15) is 9.59 Å². The molecule has 1 saturated heterocycles. The smallest absolute Gasteiger partial charge is 0.307 e. The van der Waals surface area contributed by atoms with Crippen molar-refractivity contribution < 1.29 is 19.1 Å². The predicted molar refractivity (Wildman–Crippen MR) is 84.6 cm³/mol. The first-order valence-corrected chi connectivity index (χ1v) is 8.32. The monoisotopic (exact) mass is 314 g/mol. The maximum absolute atomic E-state index is 12.2. The number of methoxy groups -OCH3 is 1. The number of carbonyl (C=O) groups is 2. The summed E-state index contributed by atoms with van der Waals surface area (Å²) in [6.07, 6.45) is 3.67. The molecule has 1 heterocycles. The van der Waals surface area contributed by atoms with Crippen molar-refractivity contribution in [3.8, 4) is 0 Å². The second-order valence-electron chi connectivity index (χ2n) is 5.62. The van der Waals surface area contributed by atoms with Crippen molar-refractivity contribution in [3.63, 3.8) is 0 Å². The van der Waals surface area contributed by atoms with Crippen molar-refractivity contribution in [3.05, 3.63) is 0 Å². The summed E-state index contributed by atoms with van der Waals surface area (Å²) in [6, 6.07) is 0. The molecule has 0 aromatic heterocycles. The van der Waals surface area contributed by atoms with Gasteiger partial charge in [-0.05, 0) is 12.8 Å². The van der Waals surface area contributed by atoms with E-state index in [1.807, 2.05) is 4.90 Å². The van der Waals surface area contributed by atoms with Gasteiger partial charge >= 0.3 is 5.97 Å². The lowest BCUT2D eigenvalue weighted by Crippen LogP contribution is -2.39. The Bertz CT molecular complexity index is 330. The van der Waals surface area contributed by atoms with E-state index < -0.39 is 0 Å². The van der Waals surface area contributed by atoms with Crippen molar-refractivity contribution in [1.29, 1.82) is 0 Å². The molecule has 0 spiro atoms. The van der Waals surface area contributed by atoms with Gasteiger partial charge in [0.1, 0.15) is 0 Å². The van der Waals surface area contributed by atoms with E-state index in [2.05, 4.69) is 16.6 Å². The summed E-state index contributed by atoms with van der Waals surface area (Å²) >= 11 is 0. The van der Waals surface area contributed by atoms with Gasteiger partial charge < -0.3 is 14.4 Å². The number of hydrogen-bond acceptors (Lipinski definition) is 5. The summed E-state index contributed by atoms with van der Waals surface area (Å²) in [5, 5.41) is 0. The summed E-state index contributed by atoms with van der Waals surface area (Å²) in [5.41, 5.74) is 0. The molecule has 22 heavy (non-hydrogen) atoms. The molecule has 6 heteroatoms. The van der Waals surface area contributed by atoms with Crippen LogP contribution in [-0.2, 0) is 19.1 Å². The predicted octanol–water partition coefficient (Wildman–Crippen LogP) is 1.29. The normalized spacial score (nSPS) is 15.5. The number of rotatable bonds is 10. The standard InChI is InChI=1S/C16H30N2O4/c1-3-4-6-15(19)18(10-7-16(20)21-2)9-5-8-17-11-13-22-14-12-17/h3-14H2,1-2H3. The number of esters is 1. The first-order chi connectivity index (χ1) is 10.7. The average Bonchev–Trinajstić information content (AvgIpc) is 2.56. The molecule has 1 fully saturated rings. The average molecular weight is 314 g/mol. The lowest BCUT2D eigenvalue weighted by molar-refractivity contribution is -0.141.